The quantitative estimate of drug-likeness (QED) is 0.316. The van der Waals surface area contributed by atoms with Crippen molar-refractivity contribution in [2.75, 3.05) is 18.5 Å². The molecule has 0 aliphatic heterocycles. The van der Waals surface area contributed by atoms with Crippen LogP contribution in [0.15, 0.2) is 64.4 Å². The summed E-state index contributed by atoms with van der Waals surface area (Å²) in [6, 6.07) is 17.0. The van der Waals surface area contributed by atoms with Crippen LogP contribution in [-0.4, -0.2) is 28.5 Å². The smallest absolute Gasteiger partial charge is 0.271 e. The van der Waals surface area contributed by atoms with Crippen LogP contribution in [0.5, 0.6) is 11.5 Å². The van der Waals surface area contributed by atoms with Crippen molar-refractivity contribution >= 4 is 28.1 Å². The summed E-state index contributed by atoms with van der Waals surface area (Å²) in [5.74, 6) is 1.84. The predicted octanol–water partition coefficient (Wildman–Crippen LogP) is 3.70. The maximum atomic E-state index is 12.2. The van der Waals surface area contributed by atoms with Gasteiger partial charge in [0.1, 0.15) is 27.9 Å². The van der Waals surface area contributed by atoms with Crippen molar-refractivity contribution in [1.82, 2.24) is 4.37 Å². The lowest BCUT2D eigenvalue weighted by molar-refractivity contribution is 0.264. The number of aliphatic hydroxyl groups excluding tert-OH is 1. The van der Waals surface area contributed by atoms with Crippen LogP contribution in [0.2, 0.25) is 0 Å². The molecule has 1 heterocycles. The fraction of sp³-hybridized carbons (Fsp3) is 0.238. The van der Waals surface area contributed by atoms with E-state index in [9.17, 15) is 4.79 Å². The maximum Gasteiger partial charge on any atom is 0.271 e. The van der Waals surface area contributed by atoms with Gasteiger partial charge in [-0.1, -0.05) is 25.1 Å². The van der Waals surface area contributed by atoms with E-state index >= 15 is 0 Å². The van der Waals surface area contributed by atoms with Crippen LogP contribution in [0.3, 0.4) is 0 Å². The van der Waals surface area contributed by atoms with Crippen LogP contribution < -0.4 is 21.3 Å². The van der Waals surface area contributed by atoms with Crippen molar-refractivity contribution < 1.29 is 9.84 Å². The van der Waals surface area contributed by atoms with Gasteiger partial charge in [-0.15, -0.1) is 0 Å². The van der Waals surface area contributed by atoms with Crippen molar-refractivity contribution in [3.63, 3.8) is 0 Å². The van der Waals surface area contributed by atoms with Crippen molar-refractivity contribution in [1.29, 1.82) is 0 Å². The molecule has 2 aromatic carbocycles. The predicted molar refractivity (Wildman–Crippen MR) is 118 cm³/mol. The number of aromatic nitrogens is 1. The number of rotatable bonds is 9. The molecule has 0 saturated carbocycles. The number of hydrogen-bond acceptors (Lipinski definition) is 6. The Hall–Kier alpha value is -3.10. The number of nitrogens with zero attached hydrogens (tertiary/aromatic N) is 1. The number of H-pyrrole nitrogens is 1. The molecule has 0 saturated heterocycles. The van der Waals surface area contributed by atoms with Crippen molar-refractivity contribution in [2.45, 2.75) is 13.3 Å². The van der Waals surface area contributed by atoms with E-state index in [1.165, 1.54) is 11.5 Å². The zero-order valence-electron chi connectivity index (χ0n) is 16.1. The van der Waals surface area contributed by atoms with E-state index in [0.29, 0.717) is 29.3 Å². The van der Waals surface area contributed by atoms with Crippen LogP contribution >= 0.6 is 11.5 Å². The summed E-state index contributed by atoms with van der Waals surface area (Å²) >= 11 is 1.17. The molecule has 152 valence electrons. The van der Waals surface area contributed by atoms with E-state index in [2.05, 4.69) is 14.7 Å². The van der Waals surface area contributed by atoms with Crippen LogP contribution in [-0.2, 0) is 0 Å². The topological polar surface area (TPSA) is 113 Å². The number of aliphatic imine (C=N–C) groups is 1. The Bertz CT molecular complexity index is 997. The standard InChI is InChI=1S/C21H24N4O3S/c1-14(11-12-26)13-23-19(22)18-20(27)25-29-21(18)24-15-7-9-17(10-8-15)28-16-5-3-2-4-6-16/h2-10,14,24,26H,11-13H2,1H3,(H2,22,23)(H,25,27). The Kier molecular flexibility index (Phi) is 7.04. The maximum absolute atomic E-state index is 12.2. The average Bonchev–Trinajstić information content (AvgIpc) is 3.09. The van der Waals surface area contributed by atoms with E-state index < -0.39 is 0 Å². The molecule has 1 unspecified atom stereocenters. The molecule has 0 bridgehead atoms. The van der Waals surface area contributed by atoms with Crippen molar-refractivity contribution in [3.8, 4) is 11.5 Å². The number of nitrogens with one attached hydrogen (secondary N) is 2. The summed E-state index contributed by atoms with van der Waals surface area (Å²) in [6.07, 6.45) is 0.638. The van der Waals surface area contributed by atoms with Gasteiger partial charge < -0.3 is 20.9 Å². The first-order valence-corrected chi connectivity index (χ1v) is 10.1. The number of hydrogen-bond donors (Lipinski definition) is 4. The second-order valence-electron chi connectivity index (χ2n) is 6.65. The first-order chi connectivity index (χ1) is 14.1. The Morgan fingerprint density at radius 2 is 1.90 bits per heavy atom. The first-order valence-electron chi connectivity index (χ1n) is 9.29. The largest absolute Gasteiger partial charge is 0.457 e. The molecule has 0 fully saturated rings. The van der Waals surface area contributed by atoms with Gasteiger partial charge in [-0.2, -0.15) is 0 Å². The lowest BCUT2D eigenvalue weighted by atomic mass is 10.1. The summed E-state index contributed by atoms with van der Waals surface area (Å²) < 4.78 is 8.48. The van der Waals surface area contributed by atoms with Gasteiger partial charge in [0.05, 0.1) is 0 Å². The van der Waals surface area contributed by atoms with Gasteiger partial charge in [-0.25, -0.2) is 0 Å². The van der Waals surface area contributed by atoms with Crippen molar-refractivity contribution in [3.05, 3.63) is 70.5 Å². The minimum atomic E-state index is -0.280. The van der Waals surface area contributed by atoms with Gasteiger partial charge >= 0.3 is 0 Å². The molecule has 0 aliphatic rings. The number of anilines is 2. The van der Waals surface area contributed by atoms with Crippen LogP contribution in [0.1, 0.15) is 18.9 Å². The molecule has 1 aromatic heterocycles. The molecule has 5 N–H and O–H groups in total. The third-order valence-electron chi connectivity index (χ3n) is 4.24. The van der Waals surface area contributed by atoms with Crippen LogP contribution in [0, 0.1) is 5.92 Å². The fourth-order valence-corrected chi connectivity index (χ4v) is 3.40. The minimum absolute atomic E-state index is 0.104. The normalized spacial score (nSPS) is 12.6. The van der Waals surface area contributed by atoms with Gasteiger partial charge in [-0.05, 0) is 60.3 Å². The van der Waals surface area contributed by atoms with E-state index in [1.54, 1.807) is 0 Å². The first kappa shape index (κ1) is 20.6. The monoisotopic (exact) mass is 412 g/mol. The lowest BCUT2D eigenvalue weighted by Gasteiger charge is -2.09. The molecule has 0 amide bonds. The number of aromatic amines is 1. The van der Waals surface area contributed by atoms with E-state index in [4.69, 9.17) is 15.6 Å². The summed E-state index contributed by atoms with van der Waals surface area (Å²) in [7, 11) is 0. The third kappa shape index (κ3) is 5.69. The Morgan fingerprint density at radius 3 is 2.59 bits per heavy atom. The molecule has 0 spiro atoms. The second-order valence-corrected chi connectivity index (χ2v) is 7.46. The highest BCUT2D eigenvalue weighted by atomic mass is 32.1. The lowest BCUT2D eigenvalue weighted by Crippen LogP contribution is -2.23. The van der Waals surface area contributed by atoms with E-state index in [-0.39, 0.29) is 23.9 Å². The Balaban J connectivity index is 1.71. The number of amidine groups is 1. The number of ether oxygens (including phenoxy) is 1. The highest BCUT2D eigenvalue weighted by molar-refractivity contribution is 7.10. The van der Waals surface area contributed by atoms with Crippen LogP contribution in [0.25, 0.3) is 0 Å². The Labute approximate surface area is 173 Å². The minimum Gasteiger partial charge on any atom is -0.457 e. The highest BCUT2D eigenvalue weighted by Crippen LogP contribution is 2.26. The van der Waals surface area contributed by atoms with Gasteiger partial charge in [0.15, 0.2) is 0 Å². The van der Waals surface area contributed by atoms with Crippen molar-refractivity contribution in [2.24, 2.45) is 16.6 Å². The molecule has 8 heteroatoms. The Morgan fingerprint density at radius 1 is 1.21 bits per heavy atom. The van der Waals surface area contributed by atoms with E-state index in [1.807, 2.05) is 61.5 Å². The van der Waals surface area contributed by atoms with Gasteiger partial charge in [-0.3, -0.25) is 14.2 Å². The number of nitrogens with two attached hydrogens (primary N) is 1. The molecule has 29 heavy (non-hydrogen) atoms. The second kappa shape index (κ2) is 9.90. The summed E-state index contributed by atoms with van der Waals surface area (Å²) in [5.41, 5.74) is 6.91. The fourth-order valence-electron chi connectivity index (χ4n) is 2.63. The highest BCUT2D eigenvalue weighted by Gasteiger charge is 2.15. The molecule has 7 nitrogen and oxygen atoms in total. The summed E-state index contributed by atoms with van der Waals surface area (Å²) in [6.45, 7) is 2.53. The molecule has 3 rings (SSSR count). The molecular weight excluding hydrogens is 388 g/mol. The van der Waals surface area contributed by atoms with E-state index in [0.717, 1.165) is 11.4 Å². The zero-order chi connectivity index (χ0) is 20.6. The molecule has 3 aromatic rings. The van der Waals surface area contributed by atoms with Crippen LogP contribution in [0.4, 0.5) is 10.7 Å². The molecule has 1 atom stereocenters. The zero-order valence-corrected chi connectivity index (χ0v) is 16.9. The molecule has 0 aliphatic carbocycles. The number of para-hydroxylation sites is 1. The molecular formula is C21H24N4O3S. The third-order valence-corrected chi connectivity index (χ3v) is 5.04. The number of aliphatic hydroxyl groups is 1. The SMILES string of the molecule is CC(CCO)CN=C(N)c1c(Nc2ccc(Oc3ccccc3)cc2)s[nH]c1=O. The van der Waals surface area contributed by atoms with Gasteiger partial charge in [0.2, 0.25) is 0 Å². The van der Waals surface area contributed by atoms with Gasteiger partial charge in [0, 0.05) is 18.8 Å². The number of benzene rings is 2. The summed E-state index contributed by atoms with van der Waals surface area (Å²) in [4.78, 5) is 16.5. The molecule has 0 radical (unpaired) electrons. The average molecular weight is 413 g/mol. The summed E-state index contributed by atoms with van der Waals surface area (Å²) in [5, 5.41) is 12.8. The van der Waals surface area contributed by atoms with Gasteiger partial charge in [0.25, 0.3) is 5.56 Å².